The average molecular weight is 363 g/mol. The maximum absolute atomic E-state index is 12.7. The number of hydrogen-bond acceptors (Lipinski definition) is 3. The van der Waals surface area contributed by atoms with Crippen molar-refractivity contribution in [1.82, 2.24) is 14.2 Å². The highest BCUT2D eigenvalue weighted by atomic mass is 32.2. The highest BCUT2D eigenvalue weighted by Gasteiger charge is 2.28. The van der Waals surface area contributed by atoms with E-state index >= 15 is 0 Å². The molecule has 1 aromatic carbocycles. The van der Waals surface area contributed by atoms with Crippen LogP contribution in [0.15, 0.2) is 24.3 Å². The van der Waals surface area contributed by atoms with E-state index in [0.29, 0.717) is 39.0 Å². The van der Waals surface area contributed by atoms with Gasteiger partial charge in [0.2, 0.25) is 15.9 Å². The number of hydrogen-bond donors (Lipinski definition) is 1. The summed E-state index contributed by atoms with van der Waals surface area (Å²) in [7, 11) is -3.18. The van der Waals surface area contributed by atoms with Gasteiger partial charge in [-0.25, -0.2) is 8.42 Å². The first-order chi connectivity index (χ1) is 11.9. The number of nitrogens with one attached hydrogen (secondary N) is 1. The third-order valence-corrected chi connectivity index (χ3v) is 6.88. The minimum absolute atomic E-state index is 0.0559. The lowest BCUT2D eigenvalue weighted by atomic mass is 10.1. The number of aromatic nitrogens is 1. The normalized spacial score (nSPS) is 16.5. The number of carbonyl (C=O) groups is 1. The van der Waals surface area contributed by atoms with E-state index in [1.165, 1.54) is 4.31 Å². The Labute approximate surface area is 148 Å². The number of benzene rings is 1. The molecule has 0 spiro atoms. The second-order valence-electron chi connectivity index (χ2n) is 6.55. The van der Waals surface area contributed by atoms with Gasteiger partial charge in [0, 0.05) is 42.8 Å². The summed E-state index contributed by atoms with van der Waals surface area (Å²) in [6.07, 6.45) is 0.957. The fraction of sp³-hybridized carbons (Fsp3) is 0.500. The van der Waals surface area contributed by atoms with Gasteiger partial charge < -0.3 is 9.88 Å². The minimum atomic E-state index is -3.18. The second kappa shape index (κ2) is 7.17. The number of sulfonamides is 1. The van der Waals surface area contributed by atoms with Crippen molar-refractivity contribution < 1.29 is 13.2 Å². The summed E-state index contributed by atoms with van der Waals surface area (Å²) in [6.45, 7) is 5.55. The molecule has 0 aliphatic carbocycles. The Kier molecular flexibility index (Phi) is 5.15. The molecule has 0 saturated carbocycles. The van der Waals surface area contributed by atoms with Gasteiger partial charge in [0.05, 0.1) is 12.2 Å². The molecule has 0 bridgehead atoms. The maximum atomic E-state index is 12.7. The van der Waals surface area contributed by atoms with Crippen LogP contribution in [-0.4, -0.2) is 60.4 Å². The van der Waals surface area contributed by atoms with Crippen LogP contribution >= 0.6 is 0 Å². The Morgan fingerprint density at radius 1 is 1.16 bits per heavy atom. The van der Waals surface area contributed by atoms with Crippen LogP contribution in [0.25, 0.3) is 10.9 Å². The molecule has 3 rings (SSSR count). The third-order valence-electron chi connectivity index (χ3n) is 4.80. The molecule has 1 N–H and O–H groups in total. The lowest BCUT2D eigenvalue weighted by molar-refractivity contribution is -0.131. The summed E-state index contributed by atoms with van der Waals surface area (Å²) >= 11 is 0. The highest BCUT2D eigenvalue weighted by Crippen LogP contribution is 2.23. The van der Waals surface area contributed by atoms with E-state index in [1.807, 2.05) is 38.1 Å². The molecule has 2 heterocycles. The Morgan fingerprint density at radius 3 is 2.52 bits per heavy atom. The summed E-state index contributed by atoms with van der Waals surface area (Å²) < 4.78 is 25.8. The molecule has 25 heavy (non-hydrogen) atoms. The van der Waals surface area contributed by atoms with Crippen LogP contribution in [0.4, 0.5) is 0 Å². The van der Waals surface area contributed by atoms with E-state index in [-0.39, 0.29) is 11.7 Å². The zero-order valence-electron chi connectivity index (χ0n) is 14.8. The van der Waals surface area contributed by atoms with Gasteiger partial charge in [0.15, 0.2) is 0 Å². The number of aromatic amines is 1. The van der Waals surface area contributed by atoms with Crippen molar-refractivity contribution in [3.63, 3.8) is 0 Å². The van der Waals surface area contributed by atoms with Crippen molar-refractivity contribution in [1.29, 1.82) is 0 Å². The average Bonchev–Trinajstić information content (AvgIpc) is 2.91. The SMILES string of the molecule is CCCS(=O)(=O)N1CCN(C(=O)Cc2c(C)[nH]c3ccccc23)CC1. The van der Waals surface area contributed by atoms with Gasteiger partial charge in [-0.15, -0.1) is 0 Å². The summed E-state index contributed by atoms with van der Waals surface area (Å²) in [5, 5.41) is 1.08. The number of H-pyrrole nitrogens is 1. The summed E-state index contributed by atoms with van der Waals surface area (Å²) in [4.78, 5) is 17.8. The number of amides is 1. The van der Waals surface area contributed by atoms with Crippen molar-refractivity contribution in [3.8, 4) is 0 Å². The Bertz CT molecular complexity index is 865. The second-order valence-corrected chi connectivity index (χ2v) is 8.64. The van der Waals surface area contributed by atoms with Crippen LogP contribution < -0.4 is 0 Å². The minimum Gasteiger partial charge on any atom is -0.358 e. The number of aryl methyl sites for hydroxylation is 1. The first-order valence-electron chi connectivity index (χ1n) is 8.74. The molecule has 6 nitrogen and oxygen atoms in total. The fourth-order valence-electron chi connectivity index (χ4n) is 3.43. The zero-order valence-corrected chi connectivity index (χ0v) is 15.6. The van der Waals surface area contributed by atoms with E-state index in [0.717, 1.165) is 22.2 Å². The van der Waals surface area contributed by atoms with Gasteiger partial charge >= 0.3 is 0 Å². The molecule has 2 aromatic rings. The smallest absolute Gasteiger partial charge is 0.227 e. The number of carbonyl (C=O) groups excluding carboxylic acids is 1. The molecule has 0 radical (unpaired) electrons. The van der Waals surface area contributed by atoms with Crippen LogP contribution in [0.2, 0.25) is 0 Å². The molecule has 1 fully saturated rings. The largest absolute Gasteiger partial charge is 0.358 e. The van der Waals surface area contributed by atoms with Crippen molar-refractivity contribution in [3.05, 3.63) is 35.5 Å². The number of piperazine rings is 1. The van der Waals surface area contributed by atoms with E-state index in [2.05, 4.69) is 4.98 Å². The Balaban J connectivity index is 1.66. The van der Waals surface area contributed by atoms with Crippen LogP contribution in [0.5, 0.6) is 0 Å². The van der Waals surface area contributed by atoms with Crippen molar-refractivity contribution in [2.45, 2.75) is 26.7 Å². The molecule has 7 heteroatoms. The van der Waals surface area contributed by atoms with Crippen molar-refractivity contribution in [2.24, 2.45) is 0 Å². The predicted molar refractivity (Wildman–Crippen MR) is 99.0 cm³/mol. The van der Waals surface area contributed by atoms with Crippen molar-refractivity contribution >= 4 is 26.8 Å². The van der Waals surface area contributed by atoms with Crippen LogP contribution in [0.1, 0.15) is 24.6 Å². The summed E-state index contributed by atoms with van der Waals surface area (Å²) in [5.41, 5.74) is 3.08. The molecule has 136 valence electrons. The summed E-state index contributed by atoms with van der Waals surface area (Å²) in [6, 6.07) is 7.98. The molecule has 0 unspecified atom stereocenters. The summed E-state index contributed by atoms with van der Waals surface area (Å²) in [5.74, 6) is 0.232. The van der Waals surface area contributed by atoms with Crippen LogP contribution in [0, 0.1) is 6.92 Å². The topological polar surface area (TPSA) is 73.5 Å². The van der Waals surface area contributed by atoms with E-state index in [1.54, 1.807) is 4.90 Å². The molecule has 1 aliphatic rings. The van der Waals surface area contributed by atoms with Gasteiger partial charge in [-0.2, -0.15) is 4.31 Å². The molecule has 1 aromatic heterocycles. The van der Waals surface area contributed by atoms with Crippen molar-refractivity contribution in [2.75, 3.05) is 31.9 Å². The van der Waals surface area contributed by atoms with Gasteiger partial charge in [-0.3, -0.25) is 4.79 Å². The standard InChI is InChI=1S/C18H25N3O3S/c1-3-12-25(23,24)21-10-8-20(9-11-21)18(22)13-16-14(2)19-17-7-5-4-6-15(16)17/h4-7,19H,3,8-13H2,1-2H3. The van der Waals surface area contributed by atoms with Crippen LogP contribution in [-0.2, 0) is 21.2 Å². The molecule has 1 aliphatic heterocycles. The van der Waals surface area contributed by atoms with E-state index in [9.17, 15) is 13.2 Å². The third kappa shape index (κ3) is 3.72. The number of nitrogens with zero attached hydrogens (tertiary/aromatic N) is 2. The predicted octanol–water partition coefficient (Wildman–Crippen LogP) is 1.90. The number of fused-ring (bicyclic) bond motifs is 1. The first-order valence-corrected chi connectivity index (χ1v) is 10.3. The molecule has 1 amide bonds. The molecular formula is C18H25N3O3S. The van der Waals surface area contributed by atoms with Gasteiger partial charge in [-0.1, -0.05) is 25.1 Å². The molecular weight excluding hydrogens is 338 g/mol. The Morgan fingerprint density at radius 2 is 1.84 bits per heavy atom. The van der Waals surface area contributed by atoms with Gasteiger partial charge in [0.25, 0.3) is 0 Å². The first kappa shape index (κ1) is 17.9. The van der Waals surface area contributed by atoms with Gasteiger partial charge in [0.1, 0.15) is 0 Å². The number of para-hydroxylation sites is 1. The Hall–Kier alpha value is -1.86. The highest BCUT2D eigenvalue weighted by molar-refractivity contribution is 7.89. The lowest BCUT2D eigenvalue weighted by Gasteiger charge is -2.34. The molecule has 0 atom stereocenters. The monoisotopic (exact) mass is 363 g/mol. The maximum Gasteiger partial charge on any atom is 0.227 e. The quantitative estimate of drug-likeness (QED) is 0.882. The fourth-order valence-corrected chi connectivity index (χ4v) is 4.92. The van der Waals surface area contributed by atoms with Gasteiger partial charge in [-0.05, 0) is 25.0 Å². The zero-order chi connectivity index (χ0) is 18.0. The number of rotatable bonds is 5. The van der Waals surface area contributed by atoms with E-state index in [4.69, 9.17) is 0 Å². The molecule has 1 saturated heterocycles. The lowest BCUT2D eigenvalue weighted by Crippen LogP contribution is -2.51. The van der Waals surface area contributed by atoms with Crippen LogP contribution in [0.3, 0.4) is 0 Å². The van der Waals surface area contributed by atoms with E-state index < -0.39 is 10.0 Å².